The van der Waals surface area contributed by atoms with E-state index in [4.69, 9.17) is 9.84 Å². The minimum Gasteiger partial charge on any atom is -0.444 e. The summed E-state index contributed by atoms with van der Waals surface area (Å²) in [5.74, 6) is 0.0960. The molecule has 2 aromatic rings. The monoisotopic (exact) mass is 375 g/mol. The number of aliphatic hydroxyl groups excluding tert-OH is 1. The Morgan fingerprint density at radius 1 is 1.08 bits per heavy atom. The molecule has 0 spiro atoms. The Kier molecular flexibility index (Phi) is 9.84. The number of ether oxygens (including phenoxy) is 1. The molecule has 2 aromatic carbocycles. The molecule has 0 aliphatic rings. The van der Waals surface area contributed by atoms with E-state index in [0.29, 0.717) is 13.0 Å². The van der Waals surface area contributed by atoms with Crippen LogP contribution in [-0.2, 0) is 4.74 Å². The van der Waals surface area contributed by atoms with Crippen molar-refractivity contribution in [1.29, 1.82) is 0 Å². The van der Waals surface area contributed by atoms with Crippen LogP contribution in [0.2, 0.25) is 0 Å². The van der Waals surface area contributed by atoms with Crippen LogP contribution >= 0.6 is 12.6 Å². The predicted octanol–water partition coefficient (Wildman–Crippen LogP) is 4.65. The summed E-state index contributed by atoms with van der Waals surface area (Å²) < 4.78 is 5.19. The normalized spacial score (nSPS) is 11.7. The Hall–Kier alpha value is -1.98. The Balaban J connectivity index is 0.000000401. The fourth-order valence-corrected chi connectivity index (χ4v) is 2.39. The smallest absolute Gasteiger partial charge is 0.407 e. The van der Waals surface area contributed by atoms with Crippen molar-refractivity contribution in [2.75, 3.05) is 13.2 Å². The number of carbonyl (C=O) groups is 1. The van der Waals surface area contributed by atoms with Crippen molar-refractivity contribution in [2.45, 2.75) is 43.6 Å². The molecule has 0 heterocycles. The lowest BCUT2D eigenvalue weighted by molar-refractivity contribution is 0.0522. The van der Waals surface area contributed by atoms with Crippen LogP contribution in [0, 0.1) is 0 Å². The lowest BCUT2D eigenvalue weighted by atomic mass is 9.96. The van der Waals surface area contributed by atoms with E-state index in [9.17, 15) is 4.79 Å². The lowest BCUT2D eigenvalue weighted by Gasteiger charge is -2.22. The van der Waals surface area contributed by atoms with Crippen LogP contribution in [0.4, 0.5) is 4.79 Å². The zero-order valence-corrected chi connectivity index (χ0v) is 16.6. The first-order valence-corrected chi connectivity index (χ1v) is 9.13. The molecule has 1 atom stereocenters. The van der Waals surface area contributed by atoms with Gasteiger partial charge in [-0.15, -0.1) is 12.6 Å². The summed E-state index contributed by atoms with van der Waals surface area (Å²) >= 11 is 4.08. The summed E-state index contributed by atoms with van der Waals surface area (Å²) in [4.78, 5) is 12.6. The number of thiol groups is 1. The second-order valence-corrected chi connectivity index (χ2v) is 7.35. The topological polar surface area (TPSA) is 58.6 Å². The fraction of sp³-hybridized carbons (Fsp3) is 0.381. The molecular formula is C21H29NO3S. The van der Waals surface area contributed by atoms with Gasteiger partial charge in [0.15, 0.2) is 0 Å². The highest BCUT2D eigenvalue weighted by Crippen LogP contribution is 2.18. The van der Waals surface area contributed by atoms with Gasteiger partial charge in [-0.25, -0.2) is 4.79 Å². The van der Waals surface area contributed by atoms with Gasteiger partial charge in [-0.05, 0) is 44.9 Å². The Morgan fingerprint density at radius 3 is 2.04 bits per heavy atom. The summed E-state index contributed by atoms with van der Waals surface area (Å²) in [5, 5.41) is 11.9. The molecule has 2 N–H and O–H groups in total. The molecule has 0 radical (unpaired) electrons. The average molecular weight is 376 g/mol. The molecule has 0 aliphatic carbocycles. The van der Waals surface area contributed by atoms with E-state index >= 15 is 0 Å². The number of benzene rings is 2. The van der Waals surface area contributed by atoms with Crippen molar-refractivity contribution in [3.8, 4) is 0 Å². The van der Waals surface area contributed by atoms with Crippen LogP contribution in [0.1, 0.15) is 38.7 Å². The SMILES string of the molecule is CC(C)(C)OC(=O)NCC(CCO)c1ccccc1.Sc1ccccc1. The van der Waals surface area contributed by atoms with Crippen LogP contribution in [0.25, 0.3) is 0 Å². The van der Waals surface area contributed by atoms with Crippen molar-refractivity contribution in [2.24, 2.45) is 0 Å². The summed E-state index contributed by atoms with van der Waals surface area (Å²) in [7, 11) is 0. The van der Waals surface area contributed by atoms with E-state index in [0.717, 1.165) is 10.5 Å². The minimum absolute atomic E-state index is 0.0928. The second-order valence-electron chi connectivity index (χ2n) is 6.84. The Labute approximate surface area is 162 Å². The third-order valence-electron chi connectivity index (χ3n) is 3.40. The molecule has 5 heteroatoms. The van der Waals surface area contributed by atoms with Crippen LogP contribution in [-0.4, -0.2) is 30.0 Å². The quantitative estimate of drug-likeness (QED) is 0.667. The molecule has 0 bridgehead atoms. The minimum atomic E-state index is -0.497. The lowest BCUT2D eigenvalue weighted by Crippen LogP contribution is -2.35. The van der Waals surface area contributed by atoms with Gasteiger partial charge in [0.1, 0.15) is 5.60 Å². The van der Waals surface area contributed by atoms with Crippen molar-refractivity contribution < 1.29 is 14.6 Å². The number of nitrogens with one attached hydrogen (secondary N) is 1. The van der Waals surface area contributed by atoms with Gasteiger partial charge >= 0.3 is 6.09 Å². The van der Waals surface area contributed by atoms with Gasteiger partial charge in [-0.2, -0.15) is 0 Å². The van der Waals surface area contributed by atoms with Crippen molar-refractivity contribution in [3.63, 3.8) is 0 Å². The number of rotatable bonds is 5. The summed E-state index contributed by atoms with van der Waals surface area (Å²) in [6.07, 6.45) is 0.186. The Morgan fingerprint density at radius 2 is 1.62 bits per heavy atom. The van der Waals surface area contributed by atoms with E-state index in [-0.39, 0.29) is 12.5 Å². The highest BCUT2D eigenvalue weighted by molar-refractivity contribution is 7.80. The molecule has 1 amide bonds. The maximum Gasteiger partial charge on any atom is 0.407 e. The van der Waals surface area contributed by atoms with E-state index in [1.807, 2.05) is 81.4 Å². The number of amides is 1. The molecule has 0 saturated heterocycles. The number of hydrogen-bond acceptors (Lipinski definition) is 4. The van der Waals surface area contributed by atoms with E-state index in [1.54, 1.807) is 0 Å². The van der Waals surface area contributed by atoms with Crippen LogP contribution in [0.15, 0.2) is 65.6 Å². The van der Waals surface area contributed by atoms with Crippen molar-refractivity contribution >= 4 is 18.7 Å². The highest BCUT2D eigenvalue weighted by Gasteiger charge is 2.18. The van der Waals surface area contributed by atoms with Gasteiger partial charge in [0.2, 0.25) is 0 Å². The number of carbonyl (C=O) groups excluding carboxylic acids is 1. The maximum absolute atomic E-state index is 11.6. The zero-order chi connectivity index (χ0) is 19.4. The largest absolute Gasteiger partial charge is 0.444 e. The molecule has 142 valence electrons. The number of alkyl carbamates (subject to hydrolysis) is 1. The first-order chi connectivity index (χ1) is 12.3. The summed E-state index contributed by atoms with van der Waals surface area (Å²) in [5.41, 5.74) is 0.608. The third kappa shape index (κ3) is 10.1. The van der Waals surface area contributed by atoms with E-state index in [1.165, 1.54) is 0 Å². The second kappa shape index (κ2) is 11.6. The van der Waals surface area contributed by atoms with Gasteiger partial charge in [0.05, 0.1) is 0 Å². The van der Waals surface area contributed by atoms with Gasteiger partial charge in [0.25, 0.3) is 0 Å². The molecule has 0 aliphatic heterocycles. The van der Waals surface area contributed by atoms with E-state index in [2.05, 4.69) is 17.9 Å². The maximum atomic E-state index is 11.6. The van der Waals surface area contributed by atoms with Crippen LogP contribution in [0.5, 0.6) is 0 Å². The highest BCUT2D eigenvalue weighted by atomic mass is 32.1. The molecule has 0 fully saturated rings. The standard InChI is InChI=1S/C15H23NO3.C6H6S/c1-15(2,3)19-14(18)16-11-13(9-10-17)12-7-5-4-6-8-12;7-6-4-2-1-3-5-6/h4-8,13,17H,9-11H2,1-3H3,(H,16,18);1-5,7H. The number of hydrogen-bond donors (Lipinski definition) is 3. The summed E-state index contributed by atoms with van der Waals surface area (Å²) in [6, 6.07) is 19.6. The molecule has 0 saturated carbocycles. The predicted molar refractivity (Wildman–Crippen MR) is 109 cm³/mol. The molecule has 2 rings (SSSR count). The van der Waals surface area contributed by atoms with Crippen molar-refractivity contribution in [1.82, 2.24) is 5.32 Å². The van der Waals surface area contributed by atoms with Crippen molar-refractivity contribution in [3.05, 3.63) is 66.2 Å². The Bertz CT molecular complexity index is 627. The molecule has 26 heavy (non-hydrogen) atoms. The van der Waals surface area contributed by atoms with Gasteiger partial charge in [0, 0.05) is 24.0 Å². The number of aliphatic hydroxyl groups is 1. The molecule has 4 nitrogen and oxygen atoms in total. The first kappa shape index (κ1) is 22.1. The fourth-order valence-electron chi connectivity index (χ4n) is 2.22. The first-order valence-electron chi connectivity index (χ1n) is 8.68. The summed E-state index contributed by atoms with van der Waals surface area (Å²) in [6.45, 7) is 6.04. The van der Waals surface area contributed by atoms with E-state index < -0.39 is 11.7 Å². The van der Waals surface area contributed by atoms with Gasteiger partial charge in [-0.1, -0.05) is 48.5 Å². The third-order valence-corrected chi connectivity index (χ3v) is 3.69. The van der Waals surface area contributed by atoms with Gasteiger partial charge in [-0.3, -0.25) is 0 Å². The average Bonchev–Trinajstić information content (AvgIpc) is 2.59. The molecular weight excluding hydrogens is 346 g/mol. The molecule has 0 aromatic heterocycles. The van der Waals surface area contributed by atoms with Crippen LogP contribution in [0.3, 0.4) is 0 Å². The molecule has 1 unspecified atom stereocenters. The van der Waals surface area contributed by atoms with Gasteiger partial charge < -0.3 is 15.2 Å². The zero-order valence-electron chi connectivity index (χ0n) is 15.7. The van der Waals surface area contributed by atoms with Crippen LogP contribution < -0.4 is 5.32 Å².